The molecule has 0 amide bonds. The summed E-state index contributed by atoms with van der Waals surface area (Å²) in [5, 5.41) is 9.96. The minimum absolute atomic E-state index is 0.246. The lowest BCUT2D eigenvalue weighted by Crippen LogP contribution is -2.25. The molecule has 2 aromatic rings. The van der Waals surface area contributed by atoms with Crippen molar-refractivity contribution in [3.63, 3.8) is 0 Å². The van der Waals surface area contributed by atoms with Crippen LogP contribution in [0.4, 0.5) is 0 Å². The van der Waals surface area contributed by atoms with Crippen LogP contribution in [0.2, 0.25) is 0 Å². The van der Waals surface area contributed by atoms with E-state index in [1.807, 2.05) is 24.3 Å². The zero-order chi connectivity index (χ0) is 20.0. The van der Waals surface area contributed by atoms with Crippen LogP contribution < -0.4 is 5.56 Å². The van der Waals surface area contributed by atoms with Gasteiger partial charge in [0, 0.05) is 24.6 Å². The summed E-state index contributed by atoms with van der Waals surface area (Å²) in [7, 11) is 2.90. The number of hydrogen-bond acceptors (Lipinski definition) is 6. The molecule has 7 heteroatoms. The van der Waals surface area contributed by atoms with Gasteiger partial charge >= 0.3 is 5.97 Å². The van der Waals surface area contributed by atoms with Crippen LogP contribution in [0.15, 0.2) is 41.2 Å². The Morgan fingerprint density at radius 1 is 1.30 bits per heavy atom. The molecule has 1 heterocycles. The third-order valence-corrected chi connectivity index (χ3v) is 4.97. The average molecular weight is 387 g/mol. The normalized spacial score (nSPS) is 10.9. The first-order valence-electron chi connectivity index (χ1n) is 8.19. The number of aromatic hydroxyl groups is 1. The molecule has 0 bridgehead atoms. The number of methoxy groups -OCH3 is 1. The number of nitrogens with zero attached hydrogens (tertiary/aromatic N) is 1. The smallest absolute Gasteiger partial charge is 0.315 e. The average Bonchev–Trinajstić information content (AvgIpc) is 2.64. The van der Waals surface area contributed by atoms with E-state index in [4.69, 9.17) is 0 Å². The lowest BCUT2D eigenvalue weighted by molar-refractivity contribution is -0.137. The molecule has 1 aromatic heterocycles. The zero-order valence-electron chi connectivity index (χ0n) is 15.4. The number of allylic oxidation sites excluding steroid dienone is 1. The van der Waals surface area contributed by atoms with Gasteiger partial charge in [0.2, 0.25) is 0 Å². The number of pyridine rings is 1. The highest BCUT2D eigenvalue weighted by molar-refractivity contribution is 7.99. The Bertz CT molecular complexity index is 946. The molecule has 0 unspecified atom stereocenters. The highest BCUT2D eigenvalue weighted by Gasteiger charge is 2.16. The molecule has 0 atom stereocenters. The Hall–Kier alpha value is -2.80. The fraction of sp³-hybridized carbons (Fsp3) is 0.250. The number of ketones is 1. The molecule has 0 aliphatic heterocycles. The van der Waals surface area contributed by atoms with Crippen LogP contribution >= 0.6 is 11.8 Å². The molecule has 0 saturated heterocycles. The summed E-state index contributed by atoms with van der Waals surface area (Å²) < 4.78 is 5.92. The SMILES string of the molecule is COC(=O)CSCc1cccc(/C=C/C(=O)c2c(O)cc(C)n(C)c2=O)c1. The Labute approximate surface area is 161 Å². The van der Waals surface area contributed by atoms with Crippen LogP contribution in [-0.2, 0) is 22.3 Å². The lowest BCUT2D eigenvalue weighted by atomic mass is 10.1. The van der Waals surface area contributed by atoms with Gasteiger partial charge in [-0.15, -0.1) is 11.8 Å². The van der Waals surface area contributed by atoms with Crippen molar-refractivity contribution in [1.29, 1.82) is 0 Å². The van der Waals surface area contributed by atoms with Gasteiger partial charge in [0.15, 0.2) is 5.78 Å². The van der Waals surface area contributed by atoms with E-state index in [1.165, 1.54) is 35.6 Å². The highest BCUT2D eigenvalue weighted by atomic mass is 32.2. The van der Waals surface area contributed by atoms with Crippen LogP contribution in [0.3, 0.4) is 0 Å². The maximum absolute atomic E-state index is 12.4. The van der Waals surface area contributed by atoms with E-state index in [-0.39, 0.29) is 23.0 Å². The number of rotatable bonds is 7. The quantitative estimate of drug-likeness (QED) is 0.447. The fourth-order valence-electron chi connectivity index (χ4n) is 2.39. The maximum Gasteiger partial charge on any atom is 0.315 e. The van der Waals surface area contributed by atoms with Gasteiger partial charge in [-0.2, -0.15) is 0 Å². The molecule has 2 rings (SSSR count). The third kappa shape index (κ3) is 5.34. The number of thioether (sulfide) groups is 1. The summed E-state index contributed by atoms with van der Waals surface area (Å²) in [4.78, 5) is 35.7. The Balaban J connectivity index is 2.13. The van der Waals surface area contributed by atoms with Crippen molar-refractivity contribution in [3.8, 4) is 5.75 Å². The fourth-order valence-corrected chi connectivity index (χ4v) is 3.19. The van der Waals surface area contributed by atoms with Crippen LogP contribution in [0.25, 0.3) is 6.08 Å². The molecule has 1 N–H and O–H groups in total. The molecule has 6 nitrogen and oxygen atoms in total. The van der Waals surface area contributed by atoms with Crippen LogP contribution in [-0.4, -0.2) is 34.3 Å². The zero-order valence-corrected chi connectivity index (χ0v) is 16.2. The first-order valence-corrected chi connectivity index (χ1v) is 9.34. The molecule has 0 radical (unpaired) electrons. The Morgan fingerprint density at radius 3 is 2.74 bits per heavy atom. The number of carbonyl (C=O) groups is 2. The number of esters is 1. The van der Waals surface area contributed by atoms with Gasteiger partial charge in [-0.1, -0.05) is 30.3 Å². The van der Waals surface area contributed by atoms with Crippen LogP contribution in [0.5, 0.6) is 5.75 Å². The van der Waals surface area contributed by atoms with Gasteiger partial charge in [-0.05, 0) is 24.1 Å². The van der Waals surface area contributed by atoms with Gasteiger partial charge < -0.3 is 14.4 Å². The molecule has 0 aliphatic carbocycles. The second-order valence-corrected chi connectivity index (χ2v) is 6.91. The highest BCUT2D eigenvalue weighted by Crippen LogP contribution is 2.17. The number of aryl methyl sites for hydroxylation is 1. The van der Waals surface area contributed by atoms with Crippen molar-refractivity contribution in [2.24, 2.45) is 7.05 Å². The van der Waals surface area contributed by atoms with Crippen molar-refractivity contribution >= 4 is 29.6 Å². The predicted octanol–water partition coefficient (Wildman–Crippen LogP) is 2.70. The number of aromatic nitrogens is 1. The molecule has 1 aromatic carbocycles. The molecule has 0 saturated carbocycles. The molecular weight excluding hydrogens is 366 g/mol. The molecule has 0 spiro atoms. The van der Waals surface area contributed by atoms with Gasteiger partial charge in [0.05, 0.1) is 12.9 Å². The van der Waals surface area contributed by atoms with E-state index in [2.05, 4.69) is 4.74 Å². The van der Waals surface area contributed by atoms with Gasteiger partial charge in [0.25, 0.3) is 5.56 Å². The summed E-state index contributed by atoms with van der Waals surface area (Å²) in [5.41, 5.74) is 1.56. The molecular formula is C20H21NO5S. The molecule has 27 heavy (non-hydrogen) atoms. The lowest BCUT2D eigenvalue weighted by Gasteiger charge is -2.07. The Morgan fingerprint density at radius 2 is 2.04 bits per heavy atom. The van der Waals surface area contributed by atoms with Gasteiger partial charge in [0.1, 0.15) is 11.3 Å². The molecule has 142 valence electrons. The topological polar surface area (TPSA) is 85.6 Å². The minimum Gasteiger partial charge on any atom is -0.507 e. The standard InChI is InChI=1S/C20H21NO5S/c1-13-9-17(23)19(20(25)21(13)2)16(22)8-7-14-5-4-6-15(10-14)11-27-12-18(24)26-3/h4-10,23H,11-12H2,1-3H3/b8-7+. The second-order valence-electron chi connectivity index (χ2n) is 5.92. The maximum atomic E-state index is 12.4. The summed E-state index contributed by atoms with van der Waals surface area (Å²) in [6.07, 6.45) is 2.86. The van der Waals surface area contributed by atoms with E-state index in [9.17, 15) is 19.5 Å². The number of ether oxygens (including phenoxy) is 1. The monoisotopic (exact) mass is 387 g/mol. The first kappa shape index (κ1) is 20.5. The van der Waals surface area contributed by atoms with E-state index >= 15 is 0 Å². The van der Waals surface area contributed by atoms with Crippen molar-refractivity contribution in [2.45, 2.75) is 12.7 Å². The second kappa shape index (κ2) is 9.23. The van der Waals surface area contributed by atoms with Crippen LogP contribution in [0.1, 0.15) is 27.2 Å². The first-order chi connectivity index (χ1) is 12.8. The summed E-state index contributed by atoms with van der Waals surface area (Å²) >= 11 is 1.43. The third-order valence-electron chi connectivity index (χ3n) is 3.99. The van der Waals surface area contributed by atoms with Crippen molar-refractivity contribution < 1.29 is 19.4 Å². The van der Waals surface area contributed by atoms with E-state index in [0.717, 1.165) is 11.1 Å². The summed E-state index contributed by atoms with van der Waals surface area (Å²) in [6, 6.07) is 8.87. The summed E-state index contributed by atoms with van der Waals surface area (Å²) in [6.45, 7) is 1.68. The van der Waals surface area contributed by atoms with Crippen molar-refractivity contribution in [2.75, 3.05) is 12.9 Å². The molecule has 0 fully saturated rings. The number of benzene rings is 1. The predicted molar refractivity (Wildman–Crippen MR) is 106 cm³/mol. The number of hydrogen-bond donors (Lipinski definition) is 1. The van der Waals surface area contributed by atoms with Crippen molar-refractivity contribution in [3.05, 3.63) is 69.1 Å². The van der Waals surface area contributed by atoms with Crippen molar-refractivity contribution in [1.82, 2.24) is 4.57 Å². The van der Waals surface area contributed by atoms with E-state index in [1.54, 1.807) is 20.0 Å². The van der Waals surface area contributed by atoms with Gasteiger partial charge in [-0.25, -0.2) is 0 Å². The Kier molecular flexibility index (Phi) is 7.01. The van der Waals surface area contributed by atoms with E-state index in [0.29, 0.717) is 11.4 Å². The van der Waals surface area contributed by atoms with E-state index < -0.39 is 11.3 Å². The largest absolute Gasteiger partial charge is 0.507 e. The van der Waals surface area contributed by atoms with Crippen LogP contribution in [0, 0.1) is 6.92 Å². The van der Waals surface area contributed by atoms with Gasteiger partial charge in [-0.3, -0.25) is 14.4 Å². The summed E-state index contributed by atoms with van der Waals surface area (Å²) in [5.74, 6) is -0.257. The number of carbonyl (C=O) groups excluding carboxylic acids is 2. The minimum atomic E-state index is -0.557. The molecule has 0 aliphatic rings.